The number of carbonyl (C=O) groups is 1. The minimum absolute atomic E-state index is 0.159. The van der Waals surface area contributed by atoms with Crippen molar-refractivity contribution in [2.45, 2.75) is 58.5 Å². The van der Waals surface area contributed by atoms with Crippen molar-refractivity contribution in [2.75, 3.05) is 18.9 Å². The molecule has 1 saturated heterocycles. The summed E-state index contributed by atoms with van der Waals surface area (Å²) < 4.78 is 5.59. The highest BCUT2D eigenvalue weighted by molar-refractivity contribution is 5.92. The Labute approximate surface area is 138 Å². The molecule has 0 aliphatic carbocycles. The molecule has 0 saturated carbocycles. The minimum atomic E-state index is -0.179. The van der Waals surface area contributed by atoms with Gasteiger partial charge in [0.2, 0.25) is 5.95 Å². The molecule has 0 radical (unpaired) electrons. The third-order valence-electron chi connectivity index (χ3n) is 3.91. The monoisotopic (exact) mass is 320 g/mol. The summed E-state index contributed by atoms with van der Waals surface area (Å²) in [5.74, 6) is 0.436. The molecule has 6 heteroatoms. The first kappa shape index (κ1) is 17.7. The van der Waals surface area contributed by atoms with E-state index in [1.807, 2.05) is 0 Å². The molecule has 1 aromatic rings. The van der Waals surface area contributed by atoms with Crippen LogP contribution in [0.4, 0.5) is 5.95 Å². The number of nitrogen functional groups attached to an aromatic ring is 1. The lowest BCUT2D eigenvalue weighted by Crippen LogP contribution is -2.26. The highest BCUT2D eigenvalue weighted by Gasteiger charge is 2.15. The average molecular weight is 320 g/mol. The summed E-state index contributed by atoms with van der Waals surface area (Å²) in [4.78, 5) is 20.4. The minimum Gasteiger partial charge on any atom is -0.378 e. The summed E-state index contributed by atoms with van der Waals surface area (Å²) in [5, 5.41) is 2.91. The van der Waals surface area contributed by atoms with Crippen molar-refractivity contribution in [2.24, 2.45) is 5.92 Å². The predicted molar refractivity (Wildman–Crippen MR) is 90.1 cm³/mol. The van der Waals surface area contributed by atoms with Crippen molar-refractivity contribution in [1.82, 2.24) is 15.3 Å². The fourth-order valence-corrected chi connectivity index (χ4v) is 2.82. The molecule has 23 heavy (non-hydrogen) atoms. The second kappa shape index (κ2) is 8.82. The molecule has 1 fully saturated rings. The van der Waals surface area contributed by atoms with Crippen LogP contribution < -0.4 is 11.1 Å². The van der Waals surface area contributed by atoms with Gasteiger partial charge in [0.05, 0.1) is 6.10 Å². The maximum absolute atomic E-state index is 12.2. The molecule has 0 bridgehead atoms. The third-order valence-corrected chi connectivity index (χ3v) is 3.91. The van der Waals surface area contributed by atoms with E-state index in [4.69, 9.17) is 10.5 Å². The number of unbranched alkanes of at least 4 members (excludes halogenated alkanes) is 1. The molecule has 1 aliphatic heterocycles. The van der Waals surface area contributed by atoms with Crippen LogP contribution in [0.5, 0.6) is 0 Å². The van der Waals surface area contributed by atoms with Crippen molar-refractivity contribution in [3.05, 3.63) is 17.5 Å². The number of hydrogen-bond donors (Lipinski definition) is 2. The molecule has 2 heterocycles. The van der Waals surface area contributed by atoms with E-state index in [1.54, 1.807) is 6.07 Å². The first-order valence-corrected chi connectivity index (χ1v) is 8.58. The molecule has 3 N–H and O–H groups in total. The largest absolute Gasteiger partial charge is 0.378 e. The Morgan fingerprint density at radius 3 is 2.96 bits per heavy atom. The summed E-state index contributed by atoms with van der Waals surface area (Å²) in [5.41, 5.74) is 6.87. The first-order chi connectivity index (χ1) is 11.0. The lowest BCUT2D eigenvalue weighted by Gasteiger charge is -2.10. The van der Waals surface area contributed by atoms with E-state index < -0.39 is 0 Å². The number of carbonyl (C=O) groups excluding carboxylic acids is 1. The zero-order valence-corrected chi connectivity index (χ0v) is 14.2. The van der Waals surface area contributed by atoms with Gasteiger partial charge in [-0.3, -0.25) is 4.79 Å². The van der Waals surface area contributed by atoms with E-state index in [0.717, 1.165) is 38.0 Å². The zero-order chi connectivity index (χ0) is 16.7. The van der Waals surface area contributed by atoms with E-state index in [2.05, 4.69) is 29.1 Å². The fraction of sp³-hybridized carbons (Fsp3) is 0.706. The van der Waals surface area contributed by atoms with Crippen molar-refractivity contribution >= 4 is 11.9 Å². The average Bonchev–Trinajstić information content (AvgIpc) is 2.98. The smallest absolute Gasteiger partial charge is 0.270 e. The maximum Gasteiger partial charge on any atom is 0.270 e. The van der Waals surface area contributed by atoms with Crippen LogP contribution in [0.3, 0.4) is 0 Å². The molecule has 1 atom stereocenters. The van der Waals surface area contributed by atoms with Crippen LogP contribution in [0.2, 0.25) is 0 Å². The van der Waals surface area contributed by atoms with Gasteiger partial charge in [0, 0.05) is 18.8 Å². The number of aromatic nitrogens is 2. The predicted octanol–water partition coefficient (Wildman–Crippen LogP) is 2.34. The second-order valence-corrected chi connectivity index (χ2v) is 6.59. The van der Waals surface area contributed by atoms with Gasteiger partial charge < -0.3 is 15.8 Å². The van der Waals surface area contributed by atoms with E-state index in [-0.39, 0.29) is 11.9 Å². The van der Waals surface area contributed by atoms with Gasteiger partial charge in [0.15, 0.2) is 0 Å². The Morgan fingerprint density at radius 1 is 1.43 bits per heavy atom. The highest BCUT2D eigenvalue weighted by atomic mass is 16.5. The van der Waals surface area contributed by atoms with Crippen LogP contribution in [0.1, 0.15) is 62.1 Å². The Bertz CT molecular complexity index is 513. The molecule has 0 spiro atoms. The molecule has 1 aromatic heterocycles. The lowest BCUT2D eigenvalue weighted by molar-refractivity contribution is 0.0942. The van der Waals surface area contributed by atoms with Gasteiger partial charge in [-0.2, -0.15) is 0 Å². The van der Waals surface area contributed by atoms with Crippen LogP contribution in [0.15, 0.2) is 6.07 Å². The topological polar surface area (TPSA) is 90.1 Å². The van der Waals surface area contributed by atoms with Gasteiger partial charge >= 0.3 is 0 Å². The van der Waals surface area contributed by atoms with Crippen molar-refractivity contribution < 1.29 is 9.53 Å². The van der Waals surface area contributed by atoms with Gasteiger partial charge in [-0.15, -0.1) is 0 Å². The second-order valence-electron chi connectivity index (χ2n) is 6.59. The number of hydrogen-bond acceptors (Lipinski definition) is 5. The molecule has 1 unspecified atom stereocenters. The quantitative estimate of drug-likeness (QED) is 0.718. The number of ether oxygens (including phenoxy) is 1. The van der Waals surface area contributed by atoms with E-state index in [9.17, 15) is 4.79 Å². The number of nitrogens with one attached hydrogen (secondary N) is 1. The van der Waals surface area contributed by atoms with E-state index in [1.165, 1.54) is 12.8 Å². The Kier molecular flexibility index (Phi) is 6.77. The van der Waals surface area contributed by atoms with Gasteiger partial charge in [-0.25, -0.2) is 9.97 Å². The number of nitrogens with two attached hydrogens (primary N) is 1. The molecule has 0 aromatic carbocycles. The highest BCUT2D eigenvalue weighted by Crippen LogP contribution is 2.17. The molecule has 128 valence electrons. The Hall–Kier alpha value is -1.69. The first-order valence-electron chi connectivity index (χ1n) is 8.58. The van der Waals surface area contributed by atoms with Gasteiger partial charge in [-0.1, -0.05) is 13.8 Å². The number of amides is 1. The zero-order valence-electron chi connectivity index (χ0n) is 14.2. The molecular formula is C17H28N4O2. The normalized spacial score (nSPS) is 17.6. The standard InChI is InChI=1S/C17H28N4O2/c1-12(2)10-13-11-15(21-17(18)20-13)16(22)19-8-4-3-6-14-7-5-9-23-14/h11-12,14H,3-10H2,1-2H3,(H,19,22)(H2,18,20,21). The Morgan fingerprint density at radius 2 is 2.26 bits per heavy atom. The molecule has 1 aliphatic rings. The number of nitrogens with zero attached hydrogens (tertiary/aromatic N) is 2. The van der Waals surface area contributed by atoms with Crippen LogP contribution in [-0.4, -0.2) is 35.1 Å². The van der Waals surface area contributed by atoms with Gasteiger partial charge in [-0.05, 0) is 50.5 Å². The molecule has 1 amide bonds. The molecule has 2 rings (SSSR count). The Balaban J connectivity index is 1.75. The summed E-state index contributed by atoms with van der Waals surface area (Å²) in [6, 6.07) is 1.73. The van der Waals surface area contributed by atoms with Crippen molar-refractivity contribution in [3.63, 3.8) is 0 Å². The SMILES string of the molecule is CC(C)Cc1cc(C(=O)NCCCCC2CCCO2)nc(N)n1. The molecular weight excluding hydrogens is 292 g/mol. The van der Waals surface area contributed by atoms with Crippen LogP contribution in [0, 0.1) is 5.92 Å². The summed E-state index contributed by atoms with van der Waals surface area (Å²) in [7, 11) is 0. The van der Waals surface area contributed by atoms with Crippen LogP contribution in [-0.2, 0) is 11.2 Å². The van der Waals surface area contributed by atoms with E-state index >= 15 is 0 Å². The summed E-state index contributed by atoms with van der Waals surface area (Å²) >= 11 is 0. The van der Waals surface area contributed by atoms with Crippen LogP contribution >= 0.6 is 0 Å². The van der Waals surface area contributed by atoms with E-state index in [0.29, 0.717) is 24.3 Å². The molecule has 6 nitrogen and oxygen atoms in total. The fourth-order valence-electron chi connectivity index (χ4n) is 2.82. The van der Waals surface area contributed by atoms with Crippen LogP contribution in [0.25, 0.3) is 0 Å². The van der Waals surface area contributed by atoms with Crippen molar-refractivity contribution in [3.8, 4) is 0 Å². The lowest BCUT2D eigenvalue weighted by atomic mass is 10.1. The maximum atomic E-state index is 12.2. The number of rotatable bonds is 8. The summed E-state index contributed by atoms with van der Waals surface area (Å²) in [6.45, 7) is 5.75. The number of anilines is 1. The third kappa shape index (κ3) is 6.14. The van der Waals surface area contributed by atoms with Gasteiger partial charge in [0.25, 0.3) is 5.91 Å². The van der Waals surface area contributed by atoms with Gasteiger partial charge in [0.1, 0.15) is 5.69 Å². The van der Waals surface area contributed by atoms with Crippen molar-refractivity contribution in [1.29, 1.82) is 0 Å². The summed E-state index contributed by atoms with van der Waals surface area (Å²) in [6.07, 6.45) is 6.65.